The van der Waals surface area contributed by atoms with Gasteiger partial charge in [0.1, 0.15) is 6.04 Å². The van der Waals surface area contributed by atoms with Crippen LogP contribution in [0.25, 0.3) is 0 Å². The molecule has 1 saturated carbocycles. The lowest BCUT2D eigenvalue weighted by atomic mass is 9.84. The van der Waals surface area contributed by atoms with Crippen molar-refractivity contribution in [3.05, 3.63) is 0 Å². The fourth-order valence-corrected chi connectivity index (χ4v) is 3.43. The van der Waals surface area contributed by atoms with Gasteiger partial charge in [-0.3, -0.25) is 9.59 Å². The topological polar surface area (TPSA) is 75.4 Å². The number of hydrogen-bond donors (Lipinski definition) is 2. The molecule has 0 aromatic rings. The van der Waals surface area contributed by atoms with Crippen molar-refractivity contribution in [2.45, 2.75) is 63.5 Å². The second-order valence-corrected chi connectivity index (χ2v) is 6.20. The zero-order valence-corrected chi connectivity index (χ0v) is 12.4. The van der Waals surface area contributed by atoms with Crippen LogP contribution < -0.4 is 11.1 Å². The Hall–Kier alpha value is -1.10. The number of likely N-dealkylation sites (N-methyl/N-ethyl adjacent to an activating group) is 1. The molecule has 1 aliphatic carbocycles. The van der Waals surface area contributed by atoms with Crippen molar-refractivity contribution in [2.75, 3.05) is 13.6 Å². The molecule has 1 saturated heterocycles. The molecule has 5 heteroatoms. The number of hydrogen-bond acceptors (Lipinski definition) is 3. The summed E-state index contributed by atoms with van der Waals surface area (Å²) in [6, 6.07) is 0.0575. The minimum atomic E-state index is -0.257. The van der Waals surface area contributed by atoms with Gasteiger partial charge in [-0.05, 0) is 50.9 Å². The summed E-state index contributed by atoms with van der Waals surface area (Å²) in [5.41, 5.74) is 5.90. The monoisotopic (exact) mass is 281 g/mol. The first-order valence-corrected chi connectivity index (χ1v) is 7.88. The van der Waals surface area contributed by atoms with E-state index in [9.17, 15) is 9.59 Å². The van der Waals surface area contributed by atoms with Crippen molar-refractivity contribution >= 4 is 11.8 Å². The molecule has 0 aromatic carbocycles. The van der Waals surface area contributed by atoms with Gasteiger partial charge in [-0.15, -0.1) is 0 Å². The third-order valence-electron chi connectivity index (χ3n) is 4.73. The number of nitrogens with one attached hydrogen (secondary N) is 1. The highest BCUT2D eigenvalue weighted by molar-refractivity contribution is 5.87. The Kier molecular flexibility index (Phi) is 5.40. The fraction of sp³-hybridized carbons (Fsp3) is 0.867. The van der Waals surface area contributed by atoms with E-state index in [4.69, 9.17) is 5.73 Å². The van der Waals surface area contributed by atoms with Gasteiger partial charge in [-0.2, -0.15) is 0 Å². The molecular formula is C15H27N3O2. The number of rotatable bonds is 3. The van der Waals surface area contributed by atoms with E-state index < -0.39 is 0 Å². The van der Waals surface area contributed by atoms with Crippen LogP contribution in [0.15, 0.2) is 0 Å². The number of nitrogens with two attached hydrogens (primary N) is 1. The van der Waals surface area contributed by atoms with Crippen LogP contribution in [0.1, 0.15) is 51.4 Å². The summed E-state index contributed by atoms with van der Waals surface area (Å²) >= 11 is 0. The van der Waals surface area contributed by atoms with Crippen molar-refractivity contribution in [1.29, 1.82) is 0 Å². The summed E-state index contributed by atoms with van der Waals surface area (Å²) in [6.07, 6.45) is 7.56. The second-order valence-electron chi connectivity index (χ2n) is 6.20. The largest absolute Gasteiger partial charge is 0.357 e. The van der Waals surface area contributed by atoms with Gasteiger partial charge in [0, 0.05) is 26.1 Å². The number of likely N-dealkylation sites (tertiary alicyclic amines) is 1. The Morgan fingerprint density at radius 3 is 2.50 bits per heavy atom. The van der Waals surface area contributed by atoms with E-state index >= 15 is 0 Å². The van der Waals surface area contributed by atoms with Crippen molar-refractivity contribution < 1.29 is 9.59 Å². The molecule has 1 heterocycles. The van der Waals surface area contributed by atoms with Crippen LogP contribution in [0, 0.1) is 5.92 Å². The third-order valence-corrected chi connectivity index (χ3v) is 4.73. The Labute approximate surface area is 121 Å². The highest BCUT2D eigenvalue weighted by Crippen LogP contribution is 2.28. The van der Waals surface area contributed by atoms with Gasteiger partial charge in [0.25, 0.3) is 0 Å². The smallest absolute Gasteiger partial charge is 0.242 e. The van der Waals surface area contributed by atoms with Gasteiger partial charge in [0.2, 0.25) is 11.8 Å². The Bertz CT molecular complexity index is 351. The summed E-state index contributed by atoms with van der Waals surface area (Å²) < 4.78 is 0. The molecule has 1 aliphatic heterocycles. The normalized spacial score (nSPS) is 30.9. The molecule has 5 nitrogen and oxygen atoms in total. The van der Waals surface area contributed by atoms with Crippen LogP contribution in [-0.2, 0) is 9.59 Å². The van der Waals surface area contributed by atoms with E-state index in [1.807, 2.05) is 0 Å². The molecule has 0 aromatic heterocycles. The van der Waals surface area contributed by atoms with Gasteiger partial charge in [-0.1, -0.05) is 0 Å². The first-order valence-electron chi connectivity index (χ1n) is 7.88. The minimum absolute atomic E-state index is 0.0243. The molecule has 3 N–H and O–H groups in total. The van der Waals surface area contributed by atoms with E-state index in [0.29, 0.717) is 18.4 Å². The Balaban J connectivity index is 1.90. The maximum atomic E-state index is 12.5. The zero-order chi connectivity index (χ0) is 14.5. The number of carbonyl (C=O) groups excluding carboxylic acids is 2. The average Bonchev–Trinajstić information content (AvgIpc) is 2.48. The number of carbonyl (C=O) groups is 2. The van der Waals surface area contributed by atoms with Crippen molar-refractivity contribution in [2.24, 2.45) is 11.7 Å². The van der Waals surface area contributed by atoms with Gasteiger partial charge < -0.3 is 16.0 Å². The third kappa shape index (κ3) is 3.72. The summed E-state index contributed by atoms with van der Waals surface area (Å²) in [5.74, 6) is 0.581. The predicted molar refractivity (Wildman–Crippen MR) is 78.0 cm³/mol. The molecule has 2 aliphatic rings. The van der Waals surface area contributed by atoms with Crippen molar-refractivity contribution in [1.82, 2.24) is 10.2 Å². The minimum Gasteiger partial charge on any atom is -0.357 e. The van der Waals surface area contributed by atoms with E-state index in [1.54, 1.807) is 11.9 Å². The van der Waals surface area contributed by atoms with Gasteiger partial charge in [-0.25, -0.2) is 0 Å². The average molecular weight is 281 g/mol. The van der Waals surface area contributed by atoms with Crippen LogP contribution in [0.5, 0.6) is 0 Å². The molecule has 1 atom stereocenters. The number of nitrogens with zero attached hydrogens (tertiary/aromatic N) is 1. The lowest BCUT2D eigenvalue weighted by molar-refractivity contribution is -0.143. The number of piperidine rings is 1. The lowest BCUT2D eigenvalue weighted by Gasteiger charge is -2.36. The highest BCUT2D eigenvalue weighted by Gasteiger charge is 2.32. The van der Waals surface area contributed by atoms with E-state index in [-0.39, 0.29) is 17.9 Å². The summed E-state index contributed by atoms with van der Waals surface area (Å²) in [7, 11) is 1.64. The van der Waals surface area contributed by atoms with E-state index in [1.165, 1.54) is 0 Å². The summed E-state index contributed by atoms with van der Waals surface area (Å²) in [5, 5.41) is 2.68. The van der Waals surface area contributed by atoms with E-state index in [2.05, 4.69) is 5.32 Å². The van der Waals surface area contributed by atoms with Crippen LogP contribution in [-0.4, -0.2) is 42.4 Å². The van der Waals surface area contributed by atoms with Crippen molar-refractivity contribution in [3.8, 4) is 0 Å². The molecule has 2 rings (SSSR count). The predicted octanol–water partition coefficient (Wildman–Crippen LogP) is 1.02. The first kappa shape index (κ1) is 15.3. The quantitative estimate of drug-likeness (QED) is 0.811. The first-order chi connectivity index (χ1) is 9.61. The SMILES string of the molecule is CNC(=O)C1CCCCN1C(=O)CC1CCC(N)CC1. The number of amides is 2. The maximum Gasteiger partial charge on any atom is 0.242 e. The molecule has 2 fully saturated rings. The molecule has 0 spiro atoms. The Morgan fingerprint density at radius 1 is 1.15 bits per heavy atom. The standard InChI is InChI=1S/C15H27N3O2/c1-17-15(20)13-4-2-3-9-18(13)14(19)10-11-5-7-12(16)8-6-11/h11-13H,2-10,16H2,1H3,(H,17,20). The molecular weight excluding hydrogens is 254 g/mol. The van der Waals surface area contributed by atoms with Crippen LogP contribution in [0.3, 0.4) is 0 Å². The molecule has 0 radical (unpaired) electrons. The fourth-order valence-electron chi connectivity index (χ4n) is 3.43. The molecule has 0 bridgehead atoms. The summed E-state index contributed by atoms with van der Waals surface area (Å²) in [6.45, 7) is 0.725. The van der Waals surface area contributed by atoms with E-state index in [0.717, 1.165) is 51.5 Å². The highest BCUT2D eigenvalue weighted by atomic mass is 16.2. The maximum absolute atomic E-state index is 12.5. The van der Waals surface area contributed by atoms with Crippen LogP contribution in [0.2, 0.25) is 0 Å². The Morgan fingerprint density at radius 2 is 1.85 bits per heavy atom. The van der Waals surface area contributed by atoms with Gasteiger partial charge in [0.15, 0.2) is 0 Å². The lowest BCUT2D eigenvalue weighted by Crippen LogP contribution is -2.51. The summed E-state index contributed by atoms with van der Waals surface area (Å²) in [4.78, 5) is 26.2. The second kappa shape index (κ2) is 7.07. The van der Waals surface area contributed by atoms with Crippen LogP contribution in [0.4, 0.5) is 0 Å². The van der Waals surface area contributed by atoms with Gasteiger partial charge >= 0.3 is 0 Å². The molecule has 114 valence electrons. The van der Waals surface area contributed by atoms with Crippen molar-refractivity contribution in [3.63, 3.8) is 0 Å². The zero-order valence-electron chi connectivity index (χ0n) is 12.4. The molecule has 20 heavy (non-hydrogen) atoms. The molecule has 2 amide bonds. The van der Waals surface area contributed by atoms with Crippen LogP contribution >= 0.6 is 0 Å². The molecule has 1 unspecified atom stereocenters. The van der Waals surface area contributed by atoms with Gasteiger partial charge in [0.05, 0.1) is 0 Å².